The maximum absolute atomic E-state index is 10.8. The number of unbranched alkanes of at least 4 members (excludes halogenated alkanes) is 4. The molecule has 1 aromatic carbocycles. The molecule has 2 aliphatic rings. The molecule has 1 saturated carbocycles. The van der Waals surface area contributed by atoms with Crippen molar-refractivity contribution in [2.75, 3.05) is 0 Å². The molecular formula is C23H36O2. The fourth-order valence-corrected chi connectivity index (χ4v) is 5.09. The second-order valence-corrected chi connectivity index (χ2v) is 9.03. The Balaban J connectivity index is 1.80. The first-order valence-corrected chi connectivity index (χ1v) is 10.5. The number of hydrogen-bond acceptors (Lipinski definition) is 2. The highest BCUT2D eigenvalue weighted by Gasteiger charge is 2.47. The molecular weight excluding hydrogens is 308 g/mol. The second kappa shape index (κ2) is 7.60. The van der Waals surface area contributed by atoms with E-state index in [-0.39, 0.29) is 5.60 Å². The Bertz CT molecular complexity index is 590. The summed E-state index contributed by atoms with van der Waals surface area (Å²) in [4.78, 5) is 0. The van der Waals surface area contributed by atoms with Gasteiger partial charge in [0.05, 0.1) is 0 Å². The summed E-state index contributed by atoms with van der Waals surface area (Å²) in [5.74, 6) is 3.12. The number of fused-ring (bicyclic) bond motifs is 3. The number of aryl methyl sites for hydroxylation is 1. The van der Waals surface area contributed by atoms with Crippen LogP contribution in [0.2, 0.25) is 0 Å². The van der Waals surface area contributed by atoms with Crippen LogP contribution in [0.3, 0.4) is 0 Å². The number of phenolic OH excluding ortho intramolecular Hbond substituents is 1. The molecule has 1 aliphatic heterocycles. The normalized spacial score (nSPS) is 27.3. The molecule has 0 spiro atoms. The number of hydrogen-bond donors (Lipinski definition) is 1. The van der Waals surface area contributed by atoms with Gasteiger partial charge in [0, 0.05) is 11.5 Å². The standard InChI is InChI=1S/C23H36O2/c1-5-6-7-8-9-10-17-14-20(24)22-18-13-16(2)11-12-19(18)23(3,4)25-21(22)15-17/h14-16,18-19,24H,5-13H2,1-4H3. The molecule has 0 amide bonds. The van der Waals surface area contributed by atoms with E-state index >= 15 is 0 Å². The zero-order chi connectivity index (χ0) is 18.0. The minimum atomic E-state index is -0.135. The van der Waals surface area contributed by atoms with Crippen molar-refractivity contribution in [1.29, 1.82) is 0 Å². The Labute approximate surface area is 154 Å². The lowest BCUT2D eigenvalue weighted by atomic mass is 9.64. The first-order valence-electron chi connectivity index (χ1n) is 10.5. The van der Waals surface area contributed by atoms with Crippen molar-refractivity contribution in [3.05, 3.63) is 23.3 Å². The number of ether oxygens (including phenoxy) is 1. The zero-order valence-corrected chi connectivity index (χ0v) is 16.6. The first-order chi connectivity index (χ1) is 11.9. The van der Waals surface area contributed by atoms with E-state index in [9.17, 15) is 5.11 Å². The topological polar surface area (TPSA) is 29.5 Å². The van der Waals surface area contributed by atoms with Crippen LogP contribution in [-0.4, -0.2) is 10.7 Å². The third-order valence-electron chi connectivity index (χ3n) is 6.50. The summed E-state index contributed by atoms with van der Waals surface area (Å²) in [6, 6.07) is 4.22. The van der Waals surface area contributed by atoms with Crippen LogP contribution in [0, 0.1) is 11.8 Å². The van der Waals surface area contributed by atoms with Gasteiger partial charge in [-0.2, -0.15) is 0 Å². The van der Waals surface area contributed by atoms with Gasteiger partial charge < -0.3 is 9.84 Å². The van der Waals surface area contributed by atoms with E-state index in [4.69, 9.17) is 4.74 Å². The highest BCUT2D eigenvalue weighted by Crippen LogP contribution is 2.55. The predicted molar refractivity (Wildman–Crippen MR) is 105 cm³/mol. The second-order valence-electron chi connectivity index (χ2n) is 9.03. The lowest BCUT2D eigenvalue weighted by molar-refractivity contribution is -0.0145. The Morgan fingerprint density at radius 1 is 1.12 bits per heavy atom. The smallest absolute Gasteiger partial charge is 0.127 e. The quantitative estimate of drug-likeness (QED) is 0.589. The minimum Gasteiger partial charge on any atom is -0.508 e. The van der Waals surface area contributed by atoms with E-state index < -0.39 is 0 Å². The third kappa shape index (κ3) is 3.99. The fourth-order valence-electron chi connectivity index (χ4n) is 5.09. The van der Waals surface area contributed by atoms with Crippen molar-refractivity contribution in [2.45, 2.75) is 97.0 Å². The SMILES string of the molecule is CCCCCCCc1cc(O)c2c(c1)OC(C)(C)C1CCC(C)CC21. The zero-order valence-electron chi connectivity index (χ0n) is 16.6. The van der Waals surface area contributed by atoms with Gasteiger partial charge in [0.15, 0.2) is 0 Å². The molecule has 2 heteroatoms. The third-order valence-corrected chi connectivity index (χ3v) is 6.50. The van der Waals surface area contributed by atoms with Crippen molar-refractivity contribution >= 4 is 0 Å². The Kier molecular flexibility index (Phi) is 5.65. The number of benzene rings is 1. The maximum atomic E-state index is 10.8. The van der Waals surface area contributed by atoms with Gasteiger partial charge in [0.25, 0.3) is 0 Å². The van der Waals surface area contributed by atoms with Crippen LogP contribution in [0.1, 0.15) is 96.1 Å². The van der Waals surface area contributed by atoms with E-state index in [0.29, 0.717) is 17.6 Å². The lowest BCUT2D eigenvalue weighted by Crippen LogP contribution is -2.46. The Hall–Kier alpha value is -1.18. The predicted octanol–water partition coefficient (Wildman–Crippen LogP) is 6.60. The lowest BCUT2D eigenvalue weighted by Gasteiger charge is -2.48. The molecule has 25 heavy (non-hydrogen) atoms. The summed E-state index contributed by atoms with van der Waals surface area (Å²) >= 11 is 0. The summed E-state index contributed by atoms with van der Waals surface area (Å²) in [6.07, 6.45) is 11.1. The molecule has 1 aliphatic carbocycles. The average Bonchev–Trinajstić information content (AvgIpc) is 2.53. The average molecular weight is 345 g/mol. The van der Waals surface area contributed by atoms with Crippen LogP contribution in [-0.2, 0) is 6.42 Å². The molecule has 0 saturated heterocycles. The van der Waals surface area contributed by atoms with Crippen LogP contribution >= 0.6 is 0 Å². The van der Waals surface area contributed by atoms with Crippen molar-refractivity contribution in [3.63, 3.8) is 0 Å². The fraction of sp³-hybridized carbons (Fsp3) is 0.739. The molecule has 0 bridgehead atoms. The molecule has 1 aromatic rings. The van der Waals surface area contributed by atoms with Crippen LogP contribution in [0.4, 0.5) is 0 Å². The maximum Gasteiger partial charge on any atom is 0.127 e. The van der Waals surface area contributed by atoms with Gasteiger partial charge in [-0.25, -0.2) is 0 Å². The van der Waals surface area contributed by atoms with Gasteiger partial charge in [-0.05, 0) is 69.1 Å². The van der Waals surface area contributed by atoms with Gasteiger partial charge in [0.2, 0.25) is 0 Å². The highest BCUT2D eigenvalue weighted by molar-refractivity contribution is 5.52. The van der Waals surface area contributed by atoms with Crippen LogP contribution in [0.25, 0.3) is 0 Å². The van der Waals surface area contributed by atoms with Crippen molar-refractivity contribution in [3.8, 4) is 11.5 Å². The number of rotatable bonds is 6. The molecule has 1 fully saturated rings. The van der Waals surface area contributed by atoms with Crippen LogP contribution in [0.15, 0.2) is 12.1 Å². The van der Waals surface area contributed by atoms with Gasteiger partial charge >= 0.3 is 0 Å². The van der Waals surface area contributed by atoms with Gasteiger partial charge in [-0.3, -0.25) is 0 Å². The number of phenols is 1. The summed E-state index contributed by atoms with van der Waals surface area (Å²) < 4.78 is 6.43. The Morgan fingerprint density at radius 2 is 1.88 bits per heavy atom. The van der Waals surface area contributed by atoms with Crippen LogP contribution in [0.5, 0.6) is 11.5 Å². The molecule has 0 aromatic heterocycles. The highest BCUT2D eigenvalue weighted by atomic mass is 16.5. The number of aromatic hydroxyl groups is 1. The molecule has 1 N–H and O–H groups in total. The van der Waals surface area contributed by atoms with Crippen molar-refractivity contribution < 1.29 is 9.84 Å². The van der Waals surface area contributed by atoms with E-state index in [2.05, 4.69) is 33.8 Å². The monoisotopic (exact) mass is 344 g/mol. The minimum absolute atomic E-state index is 0.135. The molecule has 3 unspecified atom stereocenters. The largest absolute Gasteiger partial charge is 0.508 e. The van der Waals surface area contributed by atoms with Gasteiger partial charge in [-0.1, -0.05) is 46.0 Å². The Morgan fingerprint density at radius 3 is 2.64 bits per heavy atom. The van der Waals surface area contributed by atoms with Crippen molar-refractivity contribution in [1.82, 2.24) is 0 Å². The molecule has 3 atom stereocenters. The summed E-state index contributed by atoms with van der Waals surface area (Å²) in [6.45, 7) is 9.07. The summed E-state index contributed by atoms with van der Waals surface area (Å²) in [7, 11) is 0. The summed E-state index contributed by atoms with van der Waals surface area (Å²) in [5.41, 5.74) is 2.18. The molecule has 140 valence electrons. The molecule has 1 heterocycles. The molecule has 2 nitrogen and oxygen atoms in total. The first kappa shape index (κ1) is 18.6. The van der Waals surface area contributed by atoms with Crippen molar-refractivity contribution in [2.24, 2.45) is 11.8 Å². The van der Waals surface area contributed by atoms with E-state index in [1.165, 1.54) is 56.9 Å². The van der Waals surface area contributed by atoms with E-state index in [0.717, 1.165) is 23.7 Å². The van der Waals surface area contributed by atoms with Crippen LogP contribution < -0.4 is 4.74 Å². The van der Waals surface area contributed by atoms with E-state index in [1.54, 1.807) is 0 Å². The van der Waals surface area contributed by atoms with E-state index in [1.807, 2.05) is 6.07 Å². The van der Waals surface area contributed by atoms with Gasteiger partial charge in [-0.15, -0.1) is 0 Å². The van der Waals surface area contributed by atoms with Gasteiger partial charge in [0.1, 0.15) is 17.1 Å². The molecule has 0 radical (unpaired) electrons. The summed E-state index contributed by atoms with van der Waals surface area (Å²) in [5, 5.41) is 10.8. The molecule has 3 rings (SSSR count).